The van der Waals surface area contributed by atoms with Gasteiger partial charge in [-0.3, -0.25) is 4.79 Å². The Morgan fingerprint density at radius 2 is 2.24 bits per heavy atom. The second kappa shape index (κ2) is 5.62. The van der Waals surface area contributed by atoms with Crippen molar-refractivity contribution in [1.29, 1.82) is 0 Å². The Morgan fingerprint density at radius 1 is 1.59 bits per heavy atom. The van der Waals surface area contributed by atoms with Gasteiger partial charge in [0, 0.05) is 17.3 Å². The van der Waals surface area contributed by atoms with Gasteiger partial charge in [0.15, 0.2) is 10.8 Å². The number of methoxy groups -OCH3 is 1. The molecule has 1 aromatic heterocycles. The van der Waals surface area contributed by atoms with E-state index in [9.17, 15) is 9.59 Å². The molecule has 0 fully saturated rings. The average molecular weight is 257 g/mol. The maximum atomic E-state index is 11.3. The highest BCUT2D eigenvalue weighted by Gasteiger charge is 2.17. The summed E-state index contributed by atoms with van der Waals surface area (Å²) in [5.74, 6) is -0.846. The van der Waals surface area contributed by atoms with Gasteiger partial charge in [0.1, 0.15) is 0 Å². The number of nitrogens with zero attached hydrogens (tertiary/aromatic N) is 1. The molecule has 1 unspecified atom stereocenters. The zero-order valence-corrected chi connectivity index (χ0v) is 10.8. The number of aryl methyl sites for hydroxylation is 1. The Bertz CT molecular complexity index is 430. The standard InChI is InChI=1S/C10H15N3O3S/c1-5(4-7(11)14)12-10-13-8(6(2)17-10)9(15)16-3/h5H,4H2,1-3H3,(H2,11,14)(H,12,13). The number of primary amides is 1. The molecule has 7 heteroatoms. The number of thiazole rings is 1. The first-order valence-corrected chi connectivity index (χ1v) is 5.86. The molecule has 0 saturated carbocycles. The topological polar surface area (TPSA) is 94.3 Å². The highest BCUT2D eigenvalue weighted by Crippen LogP contribution is 2.23. The van der Waals surface area contributed by atoms with Crippen LogP contribution in [0.2, 0.25) is 0 Å². The van der Waals surface area contributed by atoms with Crippen LogP contribution in [-0.2, 0) is 9.53 Å². The van der Waals surface area contributed by atoms with Crippen molar-refractivity contribution in [3.63, 3.8) is 0 Å². The SMILES string of the molecule is COC(=O)c1nc(NC(C)CC(N)=O)sc1C. The Balaban J connectivity index is 2.73. The van der Waals surface area contributed by atoms with E-state index in [1.54, 1.807) is 6.92 Å². The van der Waals surface area contributed by atoms with E-state index in [1.807, 2.05) is 6.92 Å². The second-order valence-corrected chi connectivity index (χ2v) is 4.83. The van der Waals surface area contributed by atoms with Crippen LogP contribution in [0.3, 0.4) is 0 Å². The summed E-state index contributed by atoms with van der Waals surface area (Å²) in [6.45, 7) is 3.60. The van der Waals surface area contributed by atoms with Crippen molar-refractivity contribution in [1.82, 2.24) is 4.98 Å². The minimum atomic E-state index is -0.464. The van der Waals surface area contributed by atoms with Crippen LogP contribution in [0.15, 0.2) is 0 Å². The Morgan fingerprint density at radius 3 is 2.76 bits per heavy atom. The lowest BCUT2D eigenvalue weighted by molar-refractivity contribution is -0.118. The number of amides is 1. The highest BCUT2D eigenvalue weighted by atomic mass is 32.1. The lowest BCUT2D eigenvalue weighted by Crippen LogP contribution is -2.23. The molecule has 1 heterocycles. The summed E-state index contributed by atoms with van der Waals surface area (Å²) in [5, 5.41) is 3.59. The monoisotopic (exact) mass is 257 g/mol. The molecule has 0 saturated heterocycles. The molecule has 3 N–H and O–H groups in total. The quantitative estimate of drug-likeness (QED) is 0.765. The van der Waals surface area contributed by atoms with Crippen molar-refractivity contribution < 1.29 is 14.3 Å². The fourth-order valence-corrected chi connectivity index (χ4v) is 2.22. The zero-order chi connectivity index (χ0) is 13.0. The molecule has 17 heavy (non-hydrogen) atoms. The van der Waals surface area contributed by atoms with Crippen LogP contribution in [0.5, 0.6) is 0 Å². The first-order chi connectivity index (χ1) is 7.93. The van der Waals surface area contributed by atoms with Crippen molar-refractivity contribution in [3.05, 3.63) is 10.6 Å². The molecule has 0 spiro atoms. The van der Waals surface area contributed by atoms with E-state index in [2.05, 4.69) is 15.0 Å². The van der Waals surface area contributed by atoms with Gasteiger partial charge in [-0.05, 0) is 13.8 Å². The fourth-order valence-electron chi connectivity index (χ4n) is 1.31. The lowest BCUT2D eigenvalue weighted by Gasteiger charge is -2.09. The second-order valence-electron chi connectivity index (χ2n) is 3.63. The molecular formula is C10H15N3O3S. The van der Waals surface area contributed by atoms with Gasteiger partial charge in [0.05, 0.1) is 7.11 Å². The summed E-state index contributed by atoms with van der Waals surface area (Å²) in [6.07, 6.45) is 0.214. The largest absolute Gasteiger partial charge is 0.464 e. The van der Waals surface area contributed by atoms with E-state index in [1.165, 1.54) is 18.4 Å². The number of carbonyl (C=O) groups excluding carboxylic acids is 2. The Kier molecular flexibility index (Phi) is 4.45. The molecule has 0 aliphatic carbocycles. The predicted molar refractivity (Wildman–Crippen MR) is 65.1 cm³/mol. The number of esters is 1. The molecular weight excluding hydrogens is 242 g/mol. The number of nitrogens with two attached hydrogens (primary N) is 1. The van der Waals surface area contributed by atoms with Crippen LogP contribution in [0.4, 0.5) is 5.13 Å². The van der Waals surface area contributed by atoms with Crippen LogP contribution < -0.4 is 11.1 Å². The minimum Gasteiger partial charge on any atom is -0.464 e. The summed E-state index contributed by atoms with van der Waals surface area (Å²) in [4.78, 5) is 26.9. The molecule has 0 aromatic carbocycles. The van der Waals surface area contributed by atoms with E-state index < -0.39 is 5.97 Å². The maximum Gasteiger partial charge on any atom is 0.357 e. The smallest absolute Gasteiger partial charge is 0.357 e. The number of ether oxygens (including phenoxy) is 1. The number of rotatable bonds is 5. The Hall–Kier alpha value is -1.63. The average Bonchev–Trinajstić information content (AvgIpc) is 2.56. The van der Waals surface area contributed by atoms with Crippen LogP contribution >= 0.6 is 11.3 Å². The minimum absolute atomic E-state index is 0.122. The molecule has 94 valence electrons. The maximum absolute atomic E-state index is 11.3. The van der Waals surface area contributed by atoms with Gasteiger partial charge in [0.2, 0.25) is 5.91 Å². The molecule has 1 aromatic rings. The predicted octanol–water partition coefficient (Wildman–Crippen LogP) is 0.914. The van der Waals surface area contributed by atoms with Gasteiger partial charge in [0.25, 0.3) is 0 Å². The van der Waals surface area contributed by atoms with Crippen molar-refractivity contribution in [2.75, 3.05) is 12.4 Å². The third-order valence-corrected chi connectivity index (χ3v) is 2.95. The van der Waals surface area contributed by atoms with Gasteiger partial charge < -0.3 is 15.8 Å². The van der Waals surface area contributed by atoms with E-state index in [0.29, 0.717) is 10.8 Å². The number of nitrogens with one attached hydrogen (secondary N) is 1. The van der Waals surface area contributed by atoms with Crippen LogP contribution in [0.25, 0.3) is 0 Å². The summed E-state index contributed by atoms with van der Waals surface area (Å²) in [7, 11) is 1.31. The van der Waals surface area contributed by atoms with Gasteiger partial charge in [-0.2, -0.15) is 0 Å². The van der Waals surface area contributed by atoms with Crippen molar-refractivity contribution in [2.45, 2.75) is 26.3 Å². The third kappa shape index (κ3) is 3.70. The van der Waals surface area contributed by atoms with E-state index in [0.717, 1.165) is 4.88 Å². The molecule has 0 aliphatic heterocycles. The van der Waals surface area contributed by atoms with Gasteiger partial charge in [-0.25, -0.2) is 9.78 Å². The molecule has 6 nitrogen and oxygen atoms in total. The van der Waals surface area contributed by atoms with E-state index >= 15 is 0 Å². The van der Waals surface area contributed by atoms with Crippen LogP contribution in [0.1, 0.15) is 28.7 Å². The molecule has 1 atom stereocenters. The van der Waals surface area contributed by atoms with E-state index in [-0.39, 0.29) is 18.4 Å². The normalized spacial score (nSPS) is 11.9. The van der Waals surface area contributed by atoms with Gasteiger partial charge >= 0.3 is 5.97 Å². The van der Waals surface area contributed by atoms with Crippen LogP contribution in [0, 0.1) is 6.92 Å². The van der Waals surface area contributed by atoms with Gasteiger partial charge in [-0.1, -0.05) is 0 Å². The van der Waals surface area contributed by atoms with Crippen molar-refractivity contribution >= 4 is 28.3 Å². The third-order valence-electron chi connectivity index (χ3n) is 2.05. The lowest BCUT2D eigenvalue weighted by atomic mass is 10.2. The number of aromatic nitrogens is 1. The number of anilines is 1. The summed E-state index contributed by atoms with van der Waals surface area (Å²) in [5.41, 5.74) is 5.38. The Labute approximate surface area is 103 Å². The first-order valence-electron chi connectivity index (χ1n) is 5.04. The first kappa shape index (κ1) is 13.4. The van der Waals surface area contributed by atoms with Gasteiger partial charge in [-0.15, -0.1) is 11.3 Å². The molecule has 1 amide bonds. The number of hydrogen-bond acceptors (Lipinski definition) is 6. The molecule has 0 bridgehead atoms. The molecule has 1 rings (SSSR count). The highest BCUT2D eigenvalue weighted by molar-refractivity contribution is 7.15. The summed E-state index contributed by atoms with van der Waals surface area (Å²) in [6, 6.07) is -0.122. The van der Waals surface area contributed by atoms with Crippen molar-refractivity contribution in [2.24, 2.45) is 5.73 Å². The molecule has 0 aliphatic rings. The number of hydrogen-bond donors (Lipinski definition) is 2. The van der Waals surface area contributed by atoms with Crippen molar-refractivity contribution in [3.8, 4) is 0 Å². The van der Waals surface area contributed by atoms with Crippen LogP contribution in [-0.4, -0.2) is 30.0 Å². The van der Waals surface area contributed by atoms with E-state index in [4.69, 9.17) is 5.73 Å². The summed E-state index contributed by atoms with van der Waals surface area (Å²) >= 11 is 1.34. The zero-order valence-electron chi connectivity index (χ0n) is 9.94. The number of carbonyl (C=O) groups is 2. The fraction of sp³-hybridized carbons (Fsp3) is 0.500. The molecule has 0 radical (unpaired) electrons. The summed E-state index contributed by atoms with van der Waals surface area (Å²) < 4.78 is 4.60.